The maximum Gasteiger partial charge on any atom is 0.233 e. The fourth-order valence-corrected chi connectivity index (χ4v) is 5.55. The van der Waals surface area contributed by atoms with Crippen molar-refractivity contribution in [2.75, 3.05) is 16.8 Å². The SMILES string of the molecule is CC(=O)Nc1ccc(SC(C)C(=O)NC2(C)CCS(=O)(=O)C2)cc1. The molecular formula is C16H22N2O4S2. The number of nitrogens with one attached hydrogen (secondary N) is 2. The number of benzene rings is 1. The molecule has 1 aliphatic rings. The molecule has 0 bridgehead atoms. The van der Waals surface area contributed by atoms with Crippen LogP contribution in [-0.4, -0.2) is 42.5 Å². The highest BCUT2D eigenvalue weighted by molar-refractivity contribution is 8.00. The second-order valence-electron chi connectivity index (χ2n) is 6.36. The van der Waals surface area contributed by atoms with Crippen molar-refractivity contribution in [2.24, 2.45) is 0 Å². The highest BCUT2D eigenvalue weighted by Crippen LogP contribution is 2.27. The first-order valence-electron chi connectivity index (χ1n) is 7.65. The second kappa shape index (κ2) is 7.14. The van der Waals surface area contributed by atoms with Gasteiger partial charge in [-0.1, -0.05) is 0 Å². The van der Waals surface area contributed by atoms with Crippen molar-refractivity contribution in [1.29, 1.82) is 0 Å². The van der Waals surface area contributed by atoms with E-state index in [1.54, 1.807) is 26.0 Å². The minimum absolute atomic E-state index is 0.00542. The fourth-order valence-electron chi connectivity index (χ4n) is 2.59. The maximum absolute atomic E-state index is 12.3. The van der Waals surface area contributed by atoms with E-state index >= 15 is 0 Å². The van der Waals surface area contributed by atoms with Crippen molar-refractivity contribution < 1.29 is 18.0 Å². The molecule has 0 radical (unpaired) electrons. The Morgan fingerprint density at radius 2 is 1.88 bits per heavy atom. The topological polar surface area (TPSA) is 92.3 Å². The molecule has 132 valence electrons. The highest BCUT2D eigenvalue weighted by Gasteiger charge is 2.40. The lowest BCUT2D eigenvalue weighted by Gasteiger charge is -2.25. The molecule has 8 heteroatoms. The van der Waals surface area contributed by atoms with E-state index in [1.165, 1.54) is 18.7 Å². The molecule has 1 fully saturated rings. The van der Waals surface area contributed by atoms with E-state index in [1.807, 2.05) is 12.1 Å². The summed E-state index contributed by atoms with van der Waals surface area (Å²) in [4.78, 5) is 24.2. The Balaban J connectivity index is 1.93. The Morgan fingerprint density at radius 3 is 2.38 bits per heavy atom. The zero-order valence-corrected chi connectivity index (χ0v) is 15.6. The Hall–Kier alpha value is -1.54. The van der Waals surface area contributed by atoms with Gasteiger partial charge in [0.25, 0.3) is 0 Å². The van der Waals surface area contributed by atoms with Crippen LogP contribution in [0.1, 0.15) is 27.2 Å². The van der Waals surface area contributed by atoms with Gasteiger partial charge in [0.2, 0.25) is 11.8 Å². The first-order valence-corrected chi connectivity index (χ1v) is 10.4. The first kappa shape index (κ1) is 18.8. The lowest BCUT2D eigenvalue weighted by atomic mass is 10.0. The molecule has 24 heavy (non-hydrogen) atoms. The molecule has 1 aromatic rings. The Kier molecular flexibility index (Phi) is 5.59. The molecule has 0 aromatic heterocycles. The quantitative estimate of drug-likeness (QED) is 0.772. The van der Waals surface area contributed by atoms with Gasteiger partial charge >= 0.3 is 0 Å². The van der Waals surface area contributed by atoms with Gasteiger partial charge in [0, 0.05) is 17.5 Å². The van der Waals surface area contributed by atoms with Crippen molar-refractivity contribution in [1.82, 2.24) is 5.32 Å². The van der Waals surface area contributed by atoms with Crippen molar-refractivity contribution in [2.45, 2.75) is 42.9 Å². The fraction of sp³-hybridized carbons (Fsp3) is 0.500. The minimum Gasteiger partial charge on any atom is -0.349 e. The second-order valence-corrected chi connectivity index (χ2v) is 9.96. The molecule has 0 aliphatic carbocycles. The molecule has 6 nitrogen and oxygen atoms in total. The summed E-state index contributed by atoms with van der Waals surface area (Å²) in [6.45, 7) is 5.00. The summed E-state index contributed by atoms with van der Waals surface area (Å²) >= 11 is 1.39. The van der Waals surface area contributed by atoms with Gasteiger partial charge in [0.1, 0.15) is 0 Å². The van der Waals surface area contributed by atoms with Crippen LogP contribution in [-0.2, 0) is 19.4 Å². The predicted octanol–water partition coefficient (Wildman–Crippen LogP) is 1.82. The number of thioether (sulfide) groups is 1. The molecule has 1 aliphatic heterocycles. The van der Waals surface area contributed by atoms with Crippen molar-refractivity contribution >= 4 is 39.1 Å². The third-order valence-electron chi connectivity index (χ3n) is 3.79. The van der Waals surface area contributed by atoms with Crippen LogP contribution in [0.2, 0.25) is 0 Å². The van der Waals surface area contributed by atoms with Crippen LogP contribution in [0.15, 0.2) is 29.2 Å². The predicted molar refractivity (Wildman–Crippen MR) is 95.9 cm³/mol. The molecule has 2 atom stereocenters. The first-order chi connectivity index (χ1) is 11.1. The zero-order valence-electron chi connectivity index (χ0n) is 14.0. The third-order valence-corrected chi connectivity index (χ3v) is 6.80. The number of amides is 2. The monoisotopic (exact) mass is 370 g/mol. The van der Waals surface area contributed by atoms with Gasteiger partial charge in [-0.3, -0.25) is 9.59 Å². The molecule has 2 N–H and O–H groups in total. The summed E-state index contributed by atoms with van der Waals surface area (Å²) in [5, 5.41) is 5.21. The van der Waals surface area contributed by atoms with Gasteiger partial charge in [-0.2, -0.15) is 0 Å². The molecule has 0 spiro atoms. The molecule has 1 heterocycles. The Bertz CT molecular complexity index is 731. The van der Waals surface area contributed by atoms with Gasteiger partial charge < -0.3 is 10.6 Å². The molecule has 1 aromatic carbocycles. The molecule has 2 amide bonds. The van der Waals surface area contributed by atoms with E-state index in [-0.39, 0.29) is 28.6 Å². The lowest BCUT2D eigenvalue weighted by Crippen LogP contribution is -2.49. The molecule has 2 unspecified atom stereocenters. The van der Waals surface area contributed by atoms with Gasteiger partial charge in [0.05, 0.1) is 22.3 Å². The van der Waals surface area contributed by atoms with Crippen LogP contribution in [0.3, 0.4) is 0 Å². The van der Waals surface area contributed by atoms with Crippen LogP contribution in [0.5, 0.6) is 0 Å². The number of sulfone groups is 1. The number of anilines is 1. The Labute approximate surface area is 146 Å². The van der Waals surface area contributed by atoms with Gasteiger partial charge in [-0.05, 0) is 44.5 Å². The standard InChI is InChI=1S/C16H22N2O4S2/c1-11(15(20)18-16(3)8-9-24(21,22)10-16)23-14-6-4-13(5-7-14)17-12(2)19/h4-7,11H,8-10H2,1-3H3,(H,17,19)(H,18,20). The van der Waals surface area contributed by atoms with Crippen LogP contribution in [0.25, 0.3) is 0 Å². The van der Waals surface area contributed by atoms with E-state index < -0.39 is 15.4 Å². The summed E-state index contributed by atoms with van der Waals surface area (Å²) < 4.78 is 23.2. The summed E-state index contributed by atoms with van der Waals surface area (Å²) in [6, 6.07) is 7.22. The van der Waals surface area contributed by atoms with Crippen LogP contribution in [0.4, 0.5) is 5.69 Å². The van der Waals surface area contributed by atoms with Crippen molar-refractivity contribution in [3.05, 3.63) is 24.3 Å². The normalized spacial score (nSPS) is 23.5. The van der Waals surface area contributed by atoms with E-state index in [2.05, 4.69) is 10.6 Å². The lowest BCUT2D eigenvalue weighted by molar-refractivity contribution is -0.121. The summed E-state index contributed by atoms with van der Waals surface area (Å²) in [7, 11) is -3.05. The van der Waals surface area contributed by atoms with Crippen molar-refractivity contribution in [3.8, 4) is 0 Å². The van der Waals surface area contributed by atoms with E-state index in [9.17, 15) is 18.0 Å². The van der Waals surface area contributed by atoms with E-state index in [0.29, 0.717) is 12.1 Å². The number of hydrogen-bond donors (Lipinski definition) is 2. The van der Waals surface area contributed by atoms with Crippen molar-refractivity contribution in [3.63, 3.8) is 0 Å². The Morgan fingerprint density at radius 1 is 1.25 bits per heavy atom. The number of carbonyl (C=O) groups excluding carboxylic acids is 2. The van der Waals surface area contributed by atoms with Gasteiger partial charge in [-0.25, -0.2) is 8.42 Å². The van der Waals surface area contributed by atoms with Gasteiger partial charge in [-0.15, -0.1) is 11.8 Å². The van der Waals surface area contributed by atoms with Crippen LogP contribution < -0.4 is 10.6 Å². The average molecular weight is 370 g/mol. The molecule has 1 saturated heterocycles. The average Bonchev–Trinajstić information content (AvgIpc) is 2.74. The molecular weight excluding hydrogens is 348 g/mol. The number of hydrogen-bond acceptors (Lipinski definition) is 5. The van der Waals surface area contributed by atoms with Crippen LogP contribution in [0, 0.1) is 0 Å². The van der Waals surface area contributed by atoms with E-state index in [4.69, 9.17) is 0 Å². The van der Waals surface area contributed by atoms with E-state index in [0.717, 1.165) is 4.90 Å². The minimum atomic E-state index is -3.05. The third kappa shape index (κ3) is 5.24. The van der Waals surface area contributed by atoms with Crippen LogP contribution >= 0.6 is 11.8 Å². The zero-order chi connectivity index (χ0) is 18.0. The number of rotatable bonds is 5. The largest absolute Gasteiger partial charge is 0.349 e. The summed E-state index contributed by atoms with van der Waals surface area (Å²) in [5.41, 5.74) is 0.0210. The smallest absolute Gasteiger partial charge is 0.233 e. The highest BCUT2D eigenvalue weighted by atomic mass is 32.2. The maximum atomic E-state index is 12.3. The summed E-state index contributed by atoms with van der Waals surface area (Å²) in [6.07, 6.45) is 0.448. The number of carbonyl (C=O) groups is 2. The summed E-state index contributed by atoms with van der Waals surface area (Å²) in [5.74, 6) is -0.196. The molecule has 0 saturated carbocycles. The molecule has 2 rings (SSSR count). The van der Waals surface area contributed by atoms with Gasteiger partial charge in [0.15, 0.2) is 9.84 Å².